The number of amides is 1. The van der Waals surface area contributed by atoms with Crippen molar-refractivity contribution in [2.45, 2.75) is 38.6 Å². The molecule has 0 rings (SSSR count). The number of carbonyl (C=O) groups is 2. The molecule has 0 aliphatic carbocycles. The number of halogens is 2. The molecule has 1 unspecified atom stereocenters. The summed E-state index contributed by atoms with van der Waals surface area (Å²) in [5.74, 6) is 0.187. The molecule has 0 aromatic rings. The number of hydrogen-bond acceptors (Lipinski definition) is 4. The van der Waals surface area contributed by atoms with E-state index in [2.05, 4.69) is 5.32 Å². The van der Waals surface area contributed by atoms with Gasteiger partial charge in [-0.15, -0.1) is 23.2 Å². The van der Waals surface area contributed by atoms with Gasteiger partial charge in [0.2, 0.25) is 0 Å². The molecule has 0 aromatic carbocycles. The molecule has 0 aliphatic heterocycles. The van der Waals surface area contributed by atoms with E-state index in [4.69, 9.17) is 32.7 Å². The Labute approximate surface area is 123 Å². The summed E-state index contributed by atoms with van der Waals surface area (Å²) in [6, 6.07) is -0.682. The molecule has 7 heteroatoms. The van der Waals surface area contributed by atoms with Gasteiger partial charge in [-0.25, -0.2) is 9.59 Å². The fourth-order valence-electron chi connectivity index (χ4n) is 1.30. The summed E-state index contributed by atoms with van der Waals surface area (Å²) in [5.41, 5.74) is 0. The molecule has 0 saturated heterocycles. The molecule has 1 atom stereocenters. The molecule has 0 aromatic heterocycles. The first kappa shape index (κ1) is 18.3. The molecular formula is C12H21Cl2NO4. The minimum Gasteiger partial charge on any atom is -0.464 e. The Hall–Kier alpha value is -0.680. The number of esters is 1. The van der Waals surface area contributed by atoms with Crippen LogP contribution in [0, 0.1) is 0 Å². The zero-order valence-electron chi connectivity index (χ0n) is 11.1. The first-order valence-corrected chi connectivity index (χ1v) is 7.44. The highest BCUT2D eigenvalue weighted by Gasteiger charge is 2.22. The maximum Gasteiger partial charge on any atom is 0.407 e. The molecule has 0 fully saturated rings. The van der Waals surface area contributed by atoms with Crippen molar-refractivity contribution in [2.75, 3.05) is 25.0 Å². The van der Waals surface area contributed by atoms with Gasteiger partial charge in [0.05, 0.1) is 12.5 Å². The van der Waals surface area contributed by atoms with Crippen LogP contribution in [0.1, 0.15) is 32.6 Å². The van der Waals surface area contributed by atoms with Gasteiger partial charge >= 0.3 is 12.1 Å². The van der Waals surface area contributed by atoms with E-state index in [0.29, 0.717) is 18.7 Å². The van der Waals surface area contributed by atoms with E-state index in [1.165, 1.54) is 0 Å². The van der Waals surface area contributed by atoms with E-state index in [1.807, 2.05) is 6.92 Å². The van der Waals surface area contributed by atoms with Crippen molar-refractivity contribution < 1.29 is 19.1 Å². The normalized spacial score (nSPS) is 11.7. The van der Waals surface area contributed by atoms with Gasteiger partial charge in [0.15, 0.2) is 0 Å². The van der Waals surface area contributed by atoms with Crippen molar-refractivity contribution in [2.24, 2.45) is 0 Å². The van der Waals surface area contributed by atoms with Crippen molar-refractivity contribution in [3.05, 3.63) is 0 Å². The monoisotopic (exact) mass is 313 g/mol. The van der Waals surface area contributed by atoms with Crippen molar-refractivity contribution >= 4 is 35.3 Å². The summed E-state index contributed by atoms with van der Waals surface area (Å²) in [7, 11) is 0. The highest BCUT2D eigenvalue weighted by atomic mass is 35.5. The molecule has 0 saturated carbocycles. The molecule has 0 aliphatic rings. The van der Waals surface area contributed by atoms with Crippen LogP contribution in [0.15, 0.2) is 0 Å². The van der Waals surface area contributed by atoms with Gasteiger partial charge in [-0.05, 0) is 12.8 Å². The maximum absolute atomic E-state index is 11.8. The number of nitrogens with one attached hydrogen (secondary N) is 1. The average Bonchev–Trinajstić information content (AvgIpc) is 2.41. The summed E-state index contributed by atoms with van der Waals surface area (Å²) >= 11 is 10.9. The van der Waals surface area contributed by atoms with Crippen LogP contribution in [0.3, 0.4) is 0 Å². The Morgan fingerprint density at radius 1 is 1.11 bits per heavy atom. The lowest BCUT2D eigenvalue weighted by molar-refractivity contribution is -0.146. The lowest BCUT2D eigenvalue weighted by Gasteiger charge is -2.17. The SMILES string of the molecule is CCCCC(NC(=O)OCCCl)C(=O)OCCCCl. The highest BCUT2D eigenvalue weighted by molar-refractivity contribution is 6.18. The predicted octanol–water partition coefficient (Wildman–Crippen LogP) is 2.68. The lowest BCUT2D eigenvalue weighted by Crippen LogP contribution is -2.42. The molecule has 0 radical (unpaired) electrons. The molecule has 1 N–H and O–H groups in total. The van der Waals surface area contributed by atoms with Crippen LogP contribution < -0.4 is 5.32 Å². The second-order valence-electron chi connectivity index (χ2n) is 3.87. The van der Waals surface area contributed by atoms with E-state index >= 15 is 0 Å². The van der Waals surface area contributed by atoms with E-state index < -0.39 is 18.1 Å². The summed E-state index contributed by atoms with van der Waals surface area (Å²) in [5, 5.41) is 2.49. The maximum atomic E-state index is 11.8. The van der Waals surface area contributed by atoms with Gasteiger partial charge < -0.3 is 14.8 Å². The third-order valence-electron chi connectivity index (χ3n) is 2.26. The quantitative estimate of drug-likeness (QED) is 0.382. The van der Waals surface area contributed by atoms with E-state index in [-0.39, 0.29) is 19.1 Å². The number of carbonyl (C=O) groups excluding carboxylic acids is 2. The van der Waals surface area contributed by atoms with Gasteiger partial charge in [0.25, 0.3) is 0 Å². The Balaban J connectivity index is 4.19. The van der Waals surface area contributed by atoms with Crippen molar-refractivity contribution in [3.8, 4) is 0 Å². The number of hydrogen-bond donors (Lipinski definition) is 1. The molecule has 0 bridgehead atoms. The van der Waals surface area contributed by atoms with Crippen molar-refractivity contribution in [1.29, 1.82) is 0 Å². The zero-order valence-corrected chi connectivity index (χ0v) is 12.6. The number of alkyl carbamates (subject to hydrolysis) is 1. The van der Waals surface area contributed by atoms with Gasteiger partial charge in [0, 0.05) is 5.88 Å². The van der Waals surface area contributed by atoms with Gasteiger partial charge in [-0.3, -0.25) is 0 Å². The Morgan fingerprint density at radius 2 is 1.84 bits per heavy atom. The summed E-state index contributed by atoms with van der Waals surface area (Å²) in [6.07, 6.45) is 2.18. The fourth-order valence-corrected chi connectivity index (χ4v) is 1.49. The summed E-state index contributed by atoms with van der Waals surface area (Å²) in [6.45, 7) is 2.36. The summed E-state index contributed by atoms with van der Waals surface area (Å²) < 4.78 is 9.79. The lowest BCUT2D eigenvalue weighted by atomic mass is 10.1. The molecular weight excluding hydrogens is 293 g/mol. The second-order valence-corrected chi connectivity index (χ2v) is 4.63. The first-order valence-electron chi connectivity index (χ1n) is 6.37. The smallest absolute Gasteiger partial charge is 0.407 e. The van der Waals surface area contributed by atoms with Crippen LogP contribution in [0.2, 0.25) is 0 Å². The van der Waals surface area contributed by atoms with E-state index in [9.17, 15) is 9.59 Å². The Morgan fingerprint density at radius 3 is 2.42 bits per heavy atom. The number of ether oxygens (including phenoxy) is 2. The van der Waals surface area contributed by atoms with Crippen molar-refractivity contribution in [1.82, 2.24) is 5.32 Å². The predicted molar refractivity (Wildman–Crippen MR) is 74.8 cm³/mol. The molecule has 1 amide bonds. The minimum atomic E-state index is -0.682. The topological polar surface area (TPSA) is 64.6 Å². The first-order chi connectivity index (χ1) is 9.15. The minimum absolute atomic E-state index is 0.106. The van der Waals surface area contributed by atoms with Gasteiger partial charge in [-0.1, -0.05) is 19.8 Å². The Bertz CT molecular complexity index is 264. The van der Waals surface area contributed by atoms with Gasteiger partial charge in [0.1, 0.15) is 12.6 Å². The molecule has 19 heavy (non-hydrogen) atoms. The largest absolute Gasteiger partial charge is 0.464 e. The molecule has 0 spiro atoms. The number of rotatable bonds is 10. The van der Waals surface area contributed by atoms with E-state index in [1.54, 1.807) is 0 Å². The third kappa shape index (κ3) is 9.85. The van der Waals surface area contributed by atoms with Crippen LogP contribution in [0.5, 0.6) is 0 Å². The van der Waals surface area contributed by atoms with Crippen LogP contribution >= 0.6 is 23.2 Å². The average molecular weight is 314 g/mol. The summed E-state index contributed by atoms with van der Waals surface area (Å²) in [4.78, 5) is 23.2. The standard InChI is InChI=1S/C12H21Cl2NO4/c1-2-3-5-10(11(16)18-8-4-6-13)15-12(17)19-9-7-14/h10H,2-9H2,1H3,(H,15,17). The fraction of sp³-hybridized carbons (Fsp3) is 0.833. The van der Waals surface area contributed by atoms with Crippen LogP contribution in [-0.2, 0) is 14.3 Å². The van der Waals surface area contributed by atoms with Gasteiger partial charge in [-0.2, -0.15) is 0 Å². The third-order valence-corrected chi connectivity index (χ3v) is 2.68. The van der Waals surface area contributed by atoms with E-state index in [0.717, 1.165) is 12.8 Å². The second kappa shape index (κ2) is 12.4. The highest BCUT2D eigenvalue weighted by Crippen LogP contribution is 2.04. The van der Waals surface area contributed by atoms with Crippen LogP contribution in [0.25, 0.3) is 0 Å². The van der Waals surface area contributed by atoms with Crippen molar-refractivity contribution in [3.63, 3.8) is 0 Å². The molecule has 5 nitrogen and oxygen atoms in total. The van der Waals surface area contributed by atoms with Crippen LogP contribution in [0.4, 0.5) is 4.79 Å². The Kier molecular flexibility index (Phi) is 11.9. The number of unbranched alkanes of at least 4 members (excludes halogenated alkanes) is 1. The molecule has 112 valence electrons. The number of alkyl halides is 2. The van der Waals surface area contributed by atoms with Crippen LogP contribution in [-0.4, -0.2) is 43.1 Å². The zero-order chi connectivity index (χ0) is 14.5. The molecule has 0 heterocycles.